The van der Waals surface area contributed by atoms with Crippen molar-refractivity contribution in [2.24, 2.45) is 0 Å². The number of sulfone groups is 1. The molecule has 3 rings (SSSR count). The summed E-state index contributed by atoms with van der Waals surface area (Å²) >= 11 is 0. The van der Waals surface area contributed by atoms with E-state index in [9.17, 15) is 17.6 Å². The molecule has 2 aromatic carbocycles. The number of nitrogens with one attached hydrogen (secondary N) is 1. The van der Waals surface area contributed by atoms with Crippen LogP contribution < -0.4 is 5.32 Å². The Morgan fingerprint density at radius 1 is 0.963 bits per heavy atom. The lowest BCUT2D eigenvalue weighted by Crippen LogP contribution is -2.32. The lowest BCUT2D eigenvalue weighted by Gasteiger charge is -2.13. The van der Waals surface area contributed by atoms with Gasteiger partial charge in [0.2, 0.25) is 5.91 Å². The fourth-order valence-corrected chi connectivity index (χ4v) is 3.73. The number of carbonyl (C=O) groups is 1. The number of amides is 1. The van der Waals surface area contributed by atoms with E-state index in [0.717, 1.165) is 35.4 Å². The number of carbonyl (C=O) groups excluding carboxylic acids is 1. The van der Waals surface area contributed by atoms with Gasteiger partial charge in [-0.1, -0.05) is 30.3 Å². The Kier molecular flexibility index (Phi) is 5.32. The summed E-state index contributed by atoms with van der Waals surface area (Å²) in [5.41, 5.74) is 1.86. The van der Waals surface area contributed by atoms with Crippen molar-refractivity contribution >= 4 is 21.6 Å². The first-order chi connectivity index (χ1) is 12.9. The van der Waals surface area contributed by atoms with Gasteiger partial charge in [0.15, 0.2) is 9.84 Å². The molecule has 27 heavy (non-hydrogen) atoms. The van der Waals surface area contributed by atoms with Gasteiger partial charge < -0.3 is 5.32 Å². The number of hydrogen-bond donors (Lipinski definition) is 1. The third kappa shape index (κ3) is 4.20. The molecule has 1 N–H and O–H groups in total. The summed E-state index contributed by atoms with van der Waals surface area (Å²) in [5.74, 6) is -1.01. The number of anilines is 1. The van der Waals surface area contributed by atoms with E-state index in [1.807, 2.05) is 30.3 Å². The predicted molar refractivity (Wildman–Crippen MR) is 101 cm³/mol. The van der Waals surface area contributed by atoms with Crippen LogP contribution >= 0.6 is 0 Å². The molecule has 0 saturated heterocycles. The van der Waals surface area contributed by atoms with E-state index in [0.29, 0.717) is 0 Å². The minimum Gasteiger partial charge on any atom is -0.310 e. The topological polar surface area (TPSA) is 76.1 Å². The van der Waals surface area contributed by atoms with Crippen LogP contribution in [-0.2, 0) is 14.6 Å². The van der Waals surface area contributed by atoms with E-state index < -0.39 is 26.8 Å². The number of pyridine rings is 1. The number of nitrogens with zero attached hydrogens (tertiary/aromatic N) is 1. The highest BCUT2D eigenvalue weighted by Crippen LogP contribution is 2.20. The van der Waals surface area contributed by atoms with Crippen LogP contribution in [0.15, 0.2) is 77.8 Å². The lowest BCUT2D eigenvalue weighted by molar-refractivity contribution is -0.115. The average molecular weight is 384 g/mol. The number of rotatable bonds is 5. The molecule has 1 heterocycles. The monoisotopic (exact) mass is 384 g/mol. The van der Waals surface area contributed by atoms with Crippen LogP contribution in [-0.4, -0.2) is 24.6 Å². The lowest BCUT2D eigenvalue weighted by atomic mass is 10.1. The largest absolute Gasteiger partial charge is 0.310 e. The molecule has 5 nitrogen and oxygen atoms in total. The van der Waals surface area contributed by atoms with E-state index in [1.165, 1.54) is 6.92 Å². The molecule has 138 valence electrons. The predicted octanol–water partition coefficient (Wildman–Crippen LogP) is 3.69. The molecule has 1 atom stereocenters. The molecule has 0 aliphatic carbocycles. The molecular formula is C20H17FN2O3S. The smallest absolute Gasteiger partial charge is 0.243 e. The number of hydrogen-bond acceptors (Lipinski definition) is 4. The normalized spacial score (nSPS) is 12.4. The van der Waals surface area contributed by atoms with Crippen LogP contribution in [0.1, 0.15) is 6.92 Å². The Labute approximate surface area is 156 Å². The van der Waals surface area contributed by atoms with Gasteiger partial charge in [-0.15, -0.1) is 0 Å². The van der Waals surface area contributed by atoms with E-state index in [-0.39, 0.29) is 10.7 Å². The summed E-state index contributed by atoms with van der Waals surface area (Å²) in [7, 11) is -3.93. The van der Waals surface area contributed by atoms with Gasteiger partial charge in [-0.05, 0) is 48.9 Å². The molecule has 7 heteroatoms. The number of halogens is 1. The molecule has 3 aromatic rings. The molecule has 0 aliphatic heterocycles. The summed E-state index contributed by atoms with van der Waals surface area (Å²) in [6, 6.07) is 17.4. The third-order valence-electron chi connectivity index (χ3n) is 4.10. The zero-order chi connectivity index (χ0) is 19.4. The van der Waals surface area contributed by atoms with Crippen molar-refractivity contribution in [2.45, 2.75) is 17.1 Å². The Hall–Kier alpha value is -3.06. The third-order valence-corrected chi connectivity index (χ3v) is 6.17. The first-order valence-electron chi connectivity index (χ1n) is 8.20. The van der Waals surface area contributed by atoms with Crippen LogP contribution in [0, 0.1) is 5.82 Å². The first-order valence-corrected chi connectivity index (χ1v) is 9.74. The van der Waals surface area contributed by atoms with Gasteiger partial charge in [-0.25, -0.2) is 17.8 Å². The summed E-state index contributed by atoms with van der Waals surface area (Å²) in [4.78, 5) is 16.4. The van der Waals surface area contributed by atoms with E-state index >= 15 is 0 Å². The minimum absolute atomic E-state index is 0.112. The second-order valence-electron chi connectivity index (χ2n) is 5.93. The van der Waals surface area contributed by atoms with Crippen LogP contribution in [0.4, 0.5) is 10.2 Å². The molecule has 0 saturated carbocycles. The maximum atomic E-state index is 13.0. The summed E-state index contributed by atoms with van der Waals surface area (Å²) in [6.45, 7) is 1.28. The molecule has 0 unspecified atom stereocenters. The first kappa shape index (κ1) is 18.7. The van der Waals surface area contributed by atoms with E-state index in [1.54, 1.807) is 18.3 Å². The highest BCUT2D eigenvalue weighted by Gasteiger charge is 2.30. The maximum absolute atomic E-state index is 13.0. The standard InChI is InChI=1S/C20H17FN2O3S/c1-14(27(25,26)18-10-8-17(21)9-11-18)20(24)23-19-12-7-16(13-22-19)15-5-3-2-4-6-15/h2-14H,1H3,(H,22,23,24)/t14-/m1/s1. The summed E-state index contributed by atoms with van der Waals surface area (Å²) < 4.78 is 38.0. The van der Waals surface area contributed by atoms with Crippen molar-refractivity contribution in [1.82, 2.24) is 4.98 Å². The van der Waals surface area contributed by atoms with Gasteiger partial charge >= 0.3 is 0 Å². The van der Waals surface area contributed by atoms with Crippen LogP contribution in [0.2, 0.25) is 0 Å². The van der Waals surface area contributed by atoms with Gasteiger partial charge in [0, 0.05) is 11.8 Å². The second-order valence-corrected chi connectivity index (χ2v) is 8.20. The van der Waals surface area contributed by atoms with Gasteiger partial charge in [0.25, 0.3) is 0 Å². The van der Waals surface area contributed by atoms with Crippen molar-refractivity contribution < 1.29 is 17.6 Å². The molecule has 1 aromatic heterocycles. The van der Waals surface area contributed by atoms with Crippen molar-refractivity contribution in [1.29, 1.82) is 0 Å². The Morgan fingerprint density at radius 3 is 2.22 bits per heavy atom. The van der Waals surface area contributed by atoms with Gasteiger partial charge in [-0.3, -0.25) is 4.79 Å². The average Bonchev–Trinajstić information content (AvgIpc) is 2.69. The Morgan fingerprint density at radius 2 is 1.63 bits per heavy atom. The number of aromatic nitrogens is 1. The fourth-order valence-electron chi connectivity index (χ4n) is 2.47. The number of benzene rings is 2. The molecular weight excluding hydrogens is 367 g/mol. The molecule has 0 aliphatic rings. The fraction of sp³-hybridized carbons (Fsp3) is 0.100. The van der Waals surface area contributed by atoms with E-state index in [2.05, 4.69) is 10.3 Å². The zero-order valence-corrected chi connectivity index (χ0v) is 15.3. The molecule has 0 spiro atoms. The minimum atomic E-state index is -3.93. The summed E-state index contributed by atoms with van der Waals surface area (Å²) in [5, 5.41) is 1.16. The van der Waals surface area contributed by atoms with Crippen LogP contribution in [0.3, 0.4) is 0 Å². The van der Waals surface area contributed by atoms with Gasteiger partial charge in [0.05, 0.1) is 4.90 Å². The zero-order valence-electron chi connectivity index (χ0n) is 14.5. The molecule has 0 radical (unpaired) electrons. The van der Waals surface area contributed by atoms with Gasteiger partial charge in [-0.2, -0.15) is 0 Å². The maximum Gasteiger partial charge on any atom is 0.243 e. The molecule has 0 fully saturated rings. The van der Waals surface area contributed by atoms with Crippen LogP contribution in [0.25, 0.3) is 11.1 Å². The Balaban J connectivity index is 1.73. The SMILES string of the molecule is C[C@H](C(=O)Nc1ccc(-c2ccccc2)cn1)S(=O)(=O)c1ccc(F)cc1. The molecule has 1 amide bonds. The van der Waals surface area contributed by atoms with Crippen molar-refractivity contribution in [3.63, 3.8) is 0 Å². The van der Waals surface area contributed by atoms with Gasteiger partial charge in [0.1, 0.15) is 16.9 Å². The van der Waals surface area contributed by atoms with Crippen molar-refractivity contribution in [2.75, 3.05) is 5.32 Å². The highest BCUT2D eigenvalue weighted by atomic mass is 32.2. The second kappa shape index (κ2) is 7.67. The van der Waals surface area contributed by atoms with E-state index in [4.69, 9.17) is 0 Å². The van der Waals surface area contributed by atoms with Crippen LogP contribution in [0.5, 0.6) is 0 Å². The quantitative estimate of drug-likeness (QED) is 0.681. The summed E-state index contributed by atoms with van der Waals surface area (Å²) in [6.07, 6.45) is 1.60. The Bertz CT molecular complexity index is 1030. The molecule has 0 bridgehead atoms. The van der Waals surface area contributed by atoms with Crippen molar-refractivity contribution in [3.05, 3.63) is 78.7 Å². The van der Waals surface area contributed by atoms with Crippen molar-refractivity contribution in [3.8, 4) is 11.1 Å². The highest BCUT2D eigenvalue weighted by molar-refractivity contribution is 7.92.